The molecular formula is C12H17NOS. The molecule has 1 aromatic rings. The summed E-state index contributed by atoms with van der Waals surface area (Å²) in [6, 6.07) is 8.87. The Kier molecular flexibility index (Phi) is 3.67. The molecule has 0 saturated heterocycles. The van der Waals surface area contributed by atoms with E-state index in [0.29, 0.717) is 12.0 Å². The molecule has 0 spiro atoms. The first-order valence-corrected chi connectivity index (χ1v) is 6.35. The second kappa shape index (κ2) is 5.01. The van der Waals surface area contributed by atoms with Gasteiger partial charge in [-0.3, -0.25) is 0 Å². The predicted molar refractivity (Wildman–Crippen MR) is 63.8 cm³/mol. The van der Waals surface area contributed by atoms with Gasteiger partial charge in [-0.05, 0) is 17.5 Å². The number of nitrogens with one attached hydrogen (secondary N) is 1. The van der Waals surface area contributed by atoms with Crippen molar-refractivity contribution in [1.29, 1.82) is 0 Å². The lowest BCUT2D eigenvalue weighted by atomic mass is 10.1. The van der Waals surface area contributed by atoms with E-state index in [-0.39, 0.29) is 0 Å². The number of benzene rings is 1. The second-order valence-corrected chi connectivity index (χ2v) is 5.29. The summed E-state index contributed by atoms with van der Waals surface area (Å²) < 4.78 is 0. The maximum Gasteiger partial charge on any atom is 0.0705 e. The minimum atomic E-state index is 0.352. The molecule has 0 aromatic heterocycles. The SMILES string of the molecule is CC(C)CONC1CSc2ccccc21. The third-order valence-electron chi connectivity index (χ3n) is 2.34. The smallest absolute Gasteiger partial charge is 0.0705 e. The van der Waals surface area contributed by atoms with E-state index < -0.39 is 0 Å². The standard InChI is InChI=1S/C12H17NOS/c1-9(2)7-14-13-11-8-15-12-6-4-3-5-10(11)12/h3-6,9,11,13H,7-8H2,1-2H3. The fourth-order valence-electron chi connectivity index (χ4n) is 1.58. The molecule has 0 bridgehead atoms. The summed E-state index contributed by atoms with van der Waals surface area (Å²) in [6.07, 6.45) is 0. The quantitative estimate of drug-likeness (QED) is 0.793. The lowest BCUT2D eigenvalue weighted by Crippen LogP contribution is -2.23. The van der Waals surface area contributed by atoms with Gasteiger partial charge in [-0.15, -0.1) is 11.8 Å². The molecule has 1 heterocycles. The predicted octanol–water partition coefficient (Wildman–Crippen LogP) is 3.01. The number of hydroxylamine groups is 1. The zero-order chi connectivity index (χ0) is 10.7. The summed E-state index contributed by atoms with van der Waals surface area (Å²) >= 11 is 1.89. The first-order valence-electron chi connectivity index (χ1n) is 5.36. The lowest BCUT2D eigenvalue weighted by molar-refractivity contribution is 0.00530. The van der Waals surface area contributed by atoms with E-state index >= 15 is 0 Å². The van der Waals surface area contributed by atoms with E-state index in [2.05, 4.69) is 43.6 Å². The average Bonchev–Trinajstić information content (AvgIpc) is 2.62. The zero-order valence-corrected chi connectivity index (χ0v) is 10.0. The van der Waals surface area contributed by atoms with Gasteiger partial charge in [0.25, 0.3) is 0 Å². The Bertz CT molecular complexity index is 327. The summed E-state index contributed by atoms with van der Waals surface area (Å²) in [4.78, 5) is 6.85. The number of hydrogen-bond donors (Lipinski definition) is 1. The van der Waals surface area contributed by atoms with Crippen LogP contribution in [0.2, 0.25) is 0 Å². The molecule has 3 heteroatoms. The minimum Gasteiger partial charge on any atom is -0.301 e. The molecule has 0 aliphatic carbocycles. The Hall–Kier alpha value is -0.510. The molecular weight excluding hydrogens is 206 g/mol. The van der Waals surface area contributed by atoms with Gasteiger partial charge in [0.05, 0.1) is 12.6 Å². The molecule has 0 saturated carbocycles. The minimum absolute atomic E-state index is 0.352. The highest BCUT2D eigenvalue weighted by molar-refractivity contribution is 7.99. The van der Waals surface area contributed by atoms with Crippen LogP contribution in [0.25, 0.3) is 0 Å². The Morgan fingerprint density at radius 2 is 2.27 bits per heavy atom. The van der Waals surface area contributed by atoms with Crippen LogP contribution in [-0.2, 0) is 4.84 Å². The molecule has 2 rings (SSSR count). The molecule has 15 heavy (non-hydrogen) atoms. The Balaban J connectivity index is 1.90. The van der Waals surface area contributed by atoms with Crippen molar-refractivity contribution < 1.29 is 4.84 Å². The third-order valence-corrected chi connectivity index (χ3v) is 3.52. The van der Waals surface area contributed by atoms with Crippen LogP contribution in [0.5, 0.6) is 0 Å². The lowest BCUT2D eigenvalue weighted by Gasteiger charge is -2.14. The first-order chi connectivity index (χ1) is 7.27. The third kappa shape index (κ3) is 2.74. The molecule has 1 unspecified atom stereocenters. The highest BCUT2D eigenvalue weighted by atomic mass is 32.2. The fourth-order valence-corrected chi connectivity index (χ4v) is 2.72. The molecule has 0 fully saturated rings. The fraction of sp³-hybridized carbons (Fsp3) is 0.500. The summed E-state index contributed by atoms with van der Waals surface area (Å²) in [5, 5.41) is 0. The normalized spacial score (nSPS) is 19.5. The molecule has 82 valence electrons. The van der Waals surface area contributed by atoms with Crippen LogP contribution >= 0.6 is 11.8 Å². The molecule has 1 aromatic carbocycles. The summed E-state index contributed by atoms with van der Waals surface area (Å²) in [5.41, 5.74) is 4.52. The largest absolute Gasteiger partial charge is 0.301 e. The maximum atomic E-state index is 5.47. The topological polar surface area (TPSA) is 21.3 Å². The van der Waals surface area contributed by atoms with Gasteiger partial charge in [0.1, 0.15) is 0 Å². The van der Waals surface area contributed by atoms with Gasteiger partial charge in [0.15, 0.2) is 0 Å². The number of fused-ring (bicyclic) bond motifs is 1. The van der Waals surface area contributed by atoms with E-state index in [1.807, 2.05) is 11.8 Å². The van der Waals surface area contributed by atoms with Crippen molar-refractivity contribution in [2.45, 2.75) is 24.8 Å². The molecule has 1 aliphatic rings. The van der Waals surface area contributed by atoms with Crippen molar-refractivity contribution in [3.63, 3.8) is 0 Å². The molecule has 1 atom stereocenters. The van der Waals surface area contributed by atoms with E-state index in [1.54, 1.807) is 0 Å². The van der Waals surface area contributed by atoms with Crippen LogP contribution in [0.4, 0.5) is 0 Å². The monoisotopic (exact) mass is 223 g/mol. The average molecular weight is 223 g/mol. The van der Waals surface area contributed by atoms with E-state index in [0.717, 1.165) is 12.4 Å². The number of hydrogen-bond acceptors (Lipinski definition) is 3. The van der Waals surface area contributed by atoms with Gasteiger partial charge < -0.3 is 4.84 Å². The highest BCUT2D eigenvalue weighted by Gasteiger charge is 2.22. The summed E-state index contributed by atoms with van der Waals surface area (Å²) in [5.74, 6) is 1.64. The number of rotatable bonds is 4. The van der Waals surface area contributed by atoms with Crippen LogP contribution in [0.1, 0.15) is 25.5 Å². The Labute approximate surface area is 95.4 Å². The first kappa shape index (κ1) is 11.0. The Morgan fingerprint density at radius 1 is 1.47 bits per heavy atom. The maximum absolute atomic E-state index is 5.47. The van der Waals surface area contributed by atoms with Gasteiger partial charge in [0.2, 0.25) is 0 Å². The van der Waals surface area contributed by atoms with Crippen molar-refractivity contribution in [3.05, 3.63) is 29.8 Å². The van der Waals surface area contributed by atoms with E-state index in [4.69, 9.17) is 4.84 Å². The van der Waals surface area contributed by atoms with Crippen molar-refractivity contribution in [2.24, 2.45) is 5.92 Å². The van der Waals surface area contributed by atoms with E-state index in [9.17, 15) is 0 Å². The summed E-state index contributed by atoms with van der Waals surface area (Å²) in [6.45, 7) is 5.07. The van der Waals surface area contributed by atoms with E-state index in [1.165, 1.54) is 10.5 Å². The van der Waals surface area contributed by atoms with Crippen LogP contribution in [0.3, 0.4) is 0 Å². The van der Waals surface area contributed by atoms with Crippen molar-refractivity contribution in [1.82, 2.24) is 5.48 Å². The van der Waals surface area contributed by atoms with Crippen molar-refractivity contribution in [2.75, 3.05) is 12.4 Å². The van der Waals surface area contributed by atoms with Crippen molar-refractivity contribution in [3.8, 4) is 0 Å². The van der Waals surface area contributed by atoms with Gasteiger partial charge in [-0.2, -0.15) is 5.48 Å². The second-order valence-electron chi connectivity index (χ2n) is 4.22. The zero-order valence-electron chi connectivity index (χ0n) is 9.19. The van der Waals surface area contributed by atoms with Gasteiger partial charge in [-0.1, -0.05) is 32.0 Å². The highest BCUT2D eigenvalue weighted by Crippen LogP contribution is 2.37. The van der Waals surface area contributed by atoms with Crippen LogP contribution in [0.15, 0.2) is 29.2 Å². The molecule has 1 N–H and O–H groups in total. The van der Waals surface area contributed by atoms with Crippen LogP contribution < -0.4 is 5.48 Å². The molecule has 0 amide bonds. The van der Waals surface area contributed by atoms with Gasteiger partial charge in [0, 0.05) is 10.6 Å². The number of thioether (sulfide) groups is 1. The Morgan fingerprint density at radius 3 is 3.07 bits per heavy atom. The molecule has 1 aliphatic heterocycles. The van der Waals surface area contributed by atoms with Crippen LogP contribution in [-0.4, -0.2) is 12.4 Å². The summed E-state index contributed by atoms with van der Waals surface area (Å²) in [7, 11) is 0. The van der Waals surface area contributed by atoms with Crippen LogP contribution in [0, 0.1) is 5.92 Å². The molecule has 2 nitrogen and oxygen atoms in total. The van der Waals surface area contributed by atoms with Gasteiger partial charge in [-0.25, -0.2) is 0 Å². The van der Waals surface area contributed by atoms with Crippen molar-refractivity contribution >= 4 is 11.8 Å². The van der Waals surface area contributed by atoms with Gasteiger partial charge >= 0.3 is 0 Å². The molecule has 0 radical (unpaired) electrons.